The maximum atomic E-state index is 12.9. The number of hydrogen-bond donors (Lipinski definition) is 0. The number of para-hydroxylation sites is 1. The molecule has 1 aromatic heterocycles. The van der Waals surface area contributed by atoms with E-state index in [-0.39, 0.29) is 17.3 Å². The predicted octanol–water partition coefficient (Wildman–Crippen LogP) is 6.76. The third-order valence-electron chi connectivity index (χ3n) is 4.27. The molecular formula is C22H14BrF3N2O2. The van der Waals surface area contributed by atoms with Gasteiger partial charge in [-0.15, -0.1) is 10.2 Å². The minimum atomic E-state index is -4.44. The summed E-state index contributed by atoms with van der Waals surface area (Å²) in [7, 11) is 0. The Morgan fingerprint density at radius 2 is 1.50 bits per heavy atom. The van der Waals surface area contributed by atoms with E-state index in [1.54, 1.807) is 6.07 Å². The number of aromatic nitrogens is 2. The molecule has 0 amide bonds. The summed E-state index contributed by atoms with van der Waals surface area (Å²) in [4.78, 5) is 0. The molecular weight excluding hydrogens is 461 g/mol. The molecule has 0 spiro atoms. The molecule has 152 valence electrons. The lowest BCUT2D eigenvalue weighted by atomic mass is 10.1. The molecule has 30 heavy (non-hydrogen) atoms. The second-order valence-corrected chi connectivity index (χ2v) is 7.26. The third kappa shape index (κ3) is 4.54. The molecule has 8 heteroatoms. The van der Waals surface area contributed by atoms with E-state index in [1.165, 1.54) is 12.1 Å². The summed E-state index contributed by atoms with van der Waals surface area (Å²) in [6, 6.07) is 19.6. The highest BCUT2D eigenvalue weighted by atomic mass is 79.9. The zero-order chi connectivity index (χ0) is 21.1. The highest BCUT2D eigenvalue weighted by molar-refractivity contribution is 9.10. The Balaban J connectivity index is 1.54. The number of nitrogens with zero attached hydrogens (tertiary/aromatic N) is 2. The number of benzene rings is 3. The minimum absolute atomic E-state index is 0.0194. The van der Waals surface area contributed by atoms with Crippen LogP contribution in [0, 0.1) is 0 Å². The number of rotatable bonds is 5. The normalized spacial score (nSPS) is 11.5. The summed E-state index contributed by atoms with van der Waals surface area (Å²) in [6.07, 6.45) is -4.44. The van der Waals surface area contributed by atoms with Gasteiger partial charge in [-0.1, -0.05) is 30.3 Å². The van der Waals surface area contributed by atoms with Gasteiger partial charge in [0.2, 0.25) is 11.8 Å². The molecule has 4 nitrogen and oxygen atoms in total. The standard InChI is InChI=1S/C22H14BrF3N2O2/c23-18-9-1-2-10-19(18)29-13-14-5-3-6-15(11-14)20-27-28-21(30-20)16-7-4-8-17(12-16)22(24,25)26/h1-12H,13H2. The Kier molecular flexibility index (Phi) is 5.59. The van der Waals surface area contributed by atoms with Gasteiger partial charge < -0.3 is 9.15 Å². The zero-order valence-electron chi connectivity index (χ0n) is 15.4. The van der Waals surface area contributed by atoms with Gasteiger partial charge in [0, 0.05) is 11.1 Å². The fourth-order valence-corrected chi connectivity index (χ4v) is 3.20. The smallest absolute Gasteiger partial charge is 0.416 e. The van der Waals surface area contributed by atoms with Gasteiger partial charge in [-0.25, -0.2) is 0 Å². The second-order valence-electron chi connectivity index (χ2n) is 6.41. The topological polar surface area (TPSA) is 48.2 Å². The van der Waals surface area contributed by atoms with E-state index in [2.05, 4.69) is 26.1 Å². The van der Waals surface area contributed by atoms with Gasteiger partial charge in [0.1, 0.15) is 12.4 Å². The molecule has 0 atom stereocenters. The molecule has 0 radical (unpaired) electrons. The summed E-state index contributed by atoms with van der Waals surface area (Å²) in [5, 5.41) is 7.88. The molecule has 3 aromatic carbocycles. The molecule has 0 aliphatic heterocycles. The van der Waals surface area contributed by atoms with Crippen LogP contribution in [-0.4, -0.2) is 10.2 Å². The van der Waals surface area contributed by atoms with Gasteiger partial charge in [-0.05, 0) is 64.0 Å². The highest BCUT2D eigenvalue weighted by Crippen LogP contribution is 2.32. The first-order valence-corrected chi connectivity index (χ1v) is 9.67. The van der Waals surface area contributed by atoms with E-state index in [0.717, 1.165) is 22.2 Å². The highest BCUT2D eigenvalue weighted by Gasteiger charge is 2.30. The van der Waals surface area contributed by atoms with Gasteiger partial charge in [0.25, 0.3) is 0 Å². The van der Waals surface area contributed by atoms with E-state index < -0.39 is 11.7 Å². The van der Waals surface area contributed by atoms with Crippen molar-refractivity contribution in [2.24, 2.45) is 0 Å². The Morgan fingerprint density at radius 3 is 2.20 bits per heavy atom. The molecule has 0 aliphatic rings. The van der Waals surface area contributed by atoms with Crippen LogP contribution in [0.2, 0.25) is 0 Å². The van der Waals surface area contributed by atoms with Crippen molar-refractivity contribution in [3.63, 3.8) is 0 Å². The van der Waals surface area contributed by atoms with Gasteiger partial charge >= 0.3 is 6.18 Å². The fourth-order valence-electron chi connectivity index (χ4n) is 2.80. The molecule has 0 saturated carbocycles. The minimum Gasteiger partial charge on any atom is -0.488 e. The first-order chi connectivity index (χ1) is 14.4. The zero-order valence-corrected chi connectivity index (χ0v) is 16.9. The molecule has 4 aromatic rings. The van der Waals surface area contributed by atoms with Crippen LogP contribution in [0.1, 0.15) is 11.1 Å². The Hall–Kier alpha value is -3.13. The van der Waals surface area contributed by atoms with Crippen LogP contribution in [0.4, 0.5) is 13.2 Å². The van der Waals surface area contributed by atoms with Crippen LogP contribution < -0.4 is 4.74 Å². The maximum absolute atomic E-state index is 12.9. The Labute approximate surface area is 178 Å². The number of ether oxygens (including phenoxy) is 1. The van der Waals surface area contributed by atoms with Crippen molar-refractivity contribution in [3.8, 4) is 28.7 Å². The summed E-state index contributed by atoms with van der Waals surface area (Å²) in [5.41, 5.74) is 0.957. The molecule has 0 aliphatic carbocycles. The third-order valence-corrected chi connectivity index (χ3v) is 4.92. The van der Waals surface area contributed by atoms with Crippen molar-refractivity contribution in [1.82, 2.24) is 10.2 Å². The van der Waals surface area contributed by atoms with Crippen LogP contribution in [0.3, 0.4) is 0 Å². The summed E-state index contributed by atoms with van der Waals surface area (Å²) >= 11 is 3.43. The van der Waals surface area contributed by atoms with E-state index in [4.69, 9.17) is 9.15 Å². The molecule has 0 unspecified atom stereocenters. The van der Waals surface area contributed by atoms with Gasteiger partial charge in [0.05, 0.1) is 10.0 Å². The lowest BCUT2D eigenvalue weighted by Crippen LogP contribution is -2.04. The van der Waals surface area contributed by atoms with Crippen LogP contribution >= 0.6 is 15.9 Å². The van der Waals surface area contributed by atoms with Crippen molar-refractivity contribution in [2.45, 2.75) is 12.8 Å². The molecule has 0 bridgehead atoms. The predicted molar refractivity (Wildman–Crippen MR) is 109 cm³/mol. The Morgan fingerprint density at radius 1 is 0.833 bits per heavy atom. The van der Waals surface area contributed by atoms with Gasteiger partial charge in [-0.2, -0.15) is 13.2 Å². The van der Waals surface area contributed by atoms with Gasteiger partial charge in [0.15, 0.2) is 0 Å². The van der Waals surface area contributed by atoms with Crippen LogP contribution in [0.25, 0.3) is 22.9 Å². The number of hydrogen-bond acceptors (Lipinski definition) is 4. The molecule has 0 fully saturated rings. The largest absolute Gasteiger partial charge is 0.488 e. The fraction of sp³-hybridized carbons (Fsp3) is 0.0909. The molecule has 0 saturated heterocycles. The first kappa shape index (κ1) is 20.2. The average Bonchev–Trinajstić information content (AvgIpc) is 3.23. The van der Waals surface area contributed by atoms with E-state index >= 15 is 0 Å². The van der Waals surface area contributed by atoms with Gasteiger partial charge in [-0.3, -0.25) is 0 Å². The second kappa shape index (κ2) is 8.31. The van der Waals surface area contributed by atoms with E-state index in [0.29, 0.717) is 17.9 Å². The monoisotopic (exact) mass is 474 g/mol. The maximum Gasteiger partial charge on any atom is 0.416 e. The lowest BCUT2D eigenvalue weighted by Gasteiger charge is -2.08. The van der Waals surface area contributed by atoms with E-state index in [9.17, 15) is 13.2 Å². The molecule has 0 N–H and O–H groups in total. The average molecular weight is 475 g/mol. The van der Waals surface area contributed by atoms with Crippen molar-refractivity contribution < 1.29 is 22.3 Å². The lowest BCUT2D eigenvalue weighted by molar-refractivity contribution is -0.137. The van der Waals surface area contributed by atoms with Crippen molar-refractivity contribution in [3.05, 3.63) is 88.4 Å². The van der Waals surface area contributed by atoms with Crippen LogP contribution in [-0.2, 0) is 12.8 Å². The van der Waals surface area contributed by atoms with Crippen molar-refractivity contribution in [1.29, 1.82) is 0 Å². The van der Waals surface area contributed by atoms with Crippen LogP contribution in [0.5, 0.6) is 5.75 Å². The Bertz CT molecular complexity index is 1170. The first-order valence-electron chi connectivity index (χ1n) is 8.88. The number of alkyl halides is 3. The van der Waals surface area contributed by atoms with Crippen LogP contribution in [0.15, 0.2) is 81.7 Å². The van der Waals surface area contributed by atoms with Crippen molar-refractivity contribution >= 4 is 15.9 Å². The summed E-state index contributed by atoms with van der Waals surface area (Å²) in [5.74, 6) is 0.948. The molecule has 1 heterocycles. The quantitative estimate of drug-likeness (QED) is 0.320. The SMILES string of the molecule is FC(F)(F)c1cccc(-c2nnc(-c3cccc(COc4ccccc4Br)c3)o2)c1. The summed E-state index contributed by atoms with van der Waals surface area (Å²) in [6.45, 7) is 0.324. The molecule has 4 rings (SSSR count). The van der Waals surface area contributed by atoms with Crippen molar-refractivity contribution in [2.75, 3.05) is 0 Å². The summed E-state index contributed by atoms with van der Waals surface area (Å²) < 4.78 is 51.1. The number of halogens is 4. The van der Waals surface area contributed by atoms with E-state index in [1.807, 2.05) is 42.5 Å².